The Labute approximate surface area is 85.1 Å². The number of hydrogen-bond donors (Lipinski definition) is 2. The highest BCUT2D eigenvalue weighted by Gasteiger charge is 2.33. The number of carbonyl (C=O) groups is 1. The third-order valence-corrected chi connectivity index (χ3v) is 3.32. The van der Waals surface area contributed by atoms with Gasteiger partial charge in [-0.15, -0.1) is 0 Å². The lowest BCUT2D eigenvalue weighted by atomic mass is 9.75. The second-order valence-corrected chi connectivity index (χ2v) is 4.76. The molecule has 1 saturated heterocycles. The normalized spacial score (nSPS) is 23.6. The number of amides is 1. The monoisotopic (exact) mass is 200 g/mol. The number of rotatable bonds is 2. The van der Waals surface area contributed by atoms with Crippen molar-refractivity contribution < 1.29 is 9.90 Å². The summed E-state index contributed by atoms with van der Waals surface area (Å²) in [4.78, 5) is 12.3. The highest BCUT2D eigenvalue weighted by molar-refractivity contribution is 5.65. The molecule has 82 valence electrons. The van der Waals surface area contributed by atoms with Crippen LogP contribution in [0.3, 0.4) is 0 Å². The van der Waals surface area contributed by atoms with E-state index in [0.717, 1.165) is 12.8 Å². The van der Waals surface area contributed by atoms with E-state index in [1.807, 2.05) is 0 Å². The molecule has 0 radical (unpaired) electrons. The van der Waals surface area contributed by atoms with Crippen LogP contribution in [0.5, 0.6) is 0 Å². The third kappa shape index (κ3) is 2.38. The van der Waals surface area contributed by atoms with Gasteiger partial charge in [0.2, 0.25) is 0 Å². The Morgan fingerprint density at radius 3 is 2.79 bits per heavy atom. The maximum atomic E-state index is 10.8. The van der Waals surface area contributed by atoms with Gasteiger partial charge in [-0.05, 0) is 30.7 Å². The van der Waals surface area contributed by atoms with Crippen LogP contribution in [-0.2, 0) is 0 Å². The molecule has 0 spiro atoms. The van der Waals surface area contributed by atoms with Crippen LogP contribution in [-0.4, -0.2) is 35.7 Å². The van der Waals surface area contributed by atoms with Crippen LogP contribution in [0.15, 0.2) is 0 Å². The van der Waals surface area contributed by atoms with Gasteiger partial charge in [-0.25, -0.2) is 4.79 Å². The van der Waals surface area contributed by atoms with Crippen molar-refractivity contribution in [2.75, 3.05) is 19.6 Å². The van der Waals surface area contributed by atoms with E-state index in [0.29, 0.717) is 25.6 Å². The SMILES string of the molecule is CC(C)(CN)[C@H]1CCCN(C(=O)O)C1. The molecule has 1 rings (SSSR count). The van der Waals surface area contributed by atoms with E-state index in [1.165, 1.54) is 4.90 Å². The van der Waals surface area contributed by atoms with Gasteiger partial charge < -0.3 is 15.7 Å². The van der Waals surface area contributed by atoms with Crippen LogP contribution in [0.4, 0.5) is 4.79 Å². The highest BCUT2D eigenvalue weighted by Crippen LogP contribution is 2.32. The van der Waals surface area contributed by atoms with E-state index >= 15 is 0 Å². The molecule has 1 fully saturated rings. The van der Waals surface area contributed by atoms with Crippen LogP contribution < -0.4 is 5.73 Å². The zero-order valence-electron chi connectivity index (χ0n) is 8.99. The van der Waals surface area contributed by atoms with Crippen molar-refractivity contribution in [2.24, 2.45) is 17.1 Å². The molecule has 4 heteroatoms. The number of hydrogen-bond acceptors (Lipinski definition) is 2. The Morgan fingerprint density at radius 2 is 2.29 bits per heavy atom. The van der Waals surface area contributed by atoms with Crippen LogP contribution >= 0.6 is 0 Å². The summed E-state index contributed by atoms with van der Waals surface area (Å²) in [5.41, 5.74) is 5.74. The number of likely N-dealkylation sites (tertiary alicyclic amines) is 1. The van der Waals surface area contributed by atoms with Crippen molar-refractivity contribution in [3.63, 3.8) is 0 Å². The van der Waals surface area contributed by atoms with Crippen LogP contribution in [0, 0.1) is 11.3 Å². The molecular weight excluding hydrogens is 180 g/mol. The molecule has 1 aliphatic rings. The van der Waals surface area contributed by atoms with E-state index in [1.54, 1.807) is 0 Å². The van der Waals surface area contributed by atoms with Crippen molar-refractivity contribution in [1.29, 1.82) is 0 Å². The Balaban J connectivity index is 2.60. The number of piperidine rings is 1. The highest BCUT2D eigenvalue weighted by atomic mass is 16.4. The fraction of sp³-hybridized carbons (Fsp3) is 0.900. The summed E-state index contributed by atoms with van der Waals surface area (Å²) in [6.45, 7) is 6.16. The summed E-state index contributed by atoms with van der Waals surface area (Å²) in [6, 6.07) is 0. The van der Waals surface area contributed by atoms with Gasteiger partial charge in [-0.1, -0.05) is 13.8 Å². The predicted octanol–water partition coefficient (Wildman–Crippen LogP) is 1.36. The molecule has 0 saturated carbocycles. The largest absolute Gasteiger partial charge is 0.465 e. The maximum Gasteiger partial charge on any atom is 0.407 e. The van der Waals surface area contributed by atoms with E-state index in [2.05, 4.69) is 13.8 Å². The Kier molecular flexibility index (Phi) is 3.37. The molecule has 0 aliphatic carbocycles. The number of carboxylic acid groups (broad SMARTS) is 1. The fourth-order valence-electron chi connectivity index (χ4n) is 1.96. The first-order chi connectivity index (χ1) is 6.47. The van der Waals surface area contributed by atoms with Gasteiger partial charge in [-0.2, -0.15) is 0 Å². The first kappa shape index (κ1) is 11.3. The Morgan fingerprint density at radius 1 is 1.64 bits per heavy atom. The number of nitrogens with two attached hydrogens (primary N) is 1. The molecule has 3 N–H and O–H groups in total. The minimum absolute atomic E-state index is 0.0497. The first-order valence-corrected chi connectivity index (χ1v) is 5.15. The minimum atomic E-state index is -0.803. The Hall–Kier alpha value is -0.770. The lowest BCUT2D eigenvalue weighted by Gasteiger charge is -2.39. The summed E-state index contributed by atoms with van der Waals surface area (Å²) in [5.74, 6) is 0.400. The Bertz CT molecular complexity index is 216. The van der Waals surface area contributed by atoms with E-state index in [9.17, 15) is 4.79 Å². The van der Waals surface area contributed by atoms with E-state index in [-0.39, 0.29) is 5.41 Å². The van der Waals surface area contributed by atoms with Crippen molar-refractivity contribution in [3.8, 4) is 0 Å². The average Bonchev–Trinajstić information content (AvgIpc) is 2.18. The maximum absolute atomic E-state index is 10.8. The molecule has 1 atom stereocenters. The average molecular weight is 200 g/mol. The molecule has 1 aliphatic heterocycles. The standard InChI is InChI=1S/C10H20N2O2/c1-10(2,7-11)8-4-3-5-12(6-8)9(13)14/h8H,3-7,11H2,1-2H3,(H,13,14)/t8-/m0/s1. The van der Waals surface area contributed by atoms with Gasteiger partial charge in [0, 0.05) is 13.1 Å². The van der Waals surface area contributed by atoms with Crippen molar-refractivity contribution in [1.82, 2.24) is 4.90 Å². The van der Waals surface area contributed by atoms with Crippen molar-refractivity contribution >= 4 is 6.09 Å². The predicted molar refractivity (Wildman–Crippen MR) is 55.2 cm³/mol. The molecule has 0 aromatic heterocycles. The minimum Gasteiger partial charge on any atom is -0.465 e. The van der Waals surface area contributed by atoms with Gasteiger partial charge in [0.05, 0.1) is 0 Å². The van der Waals surface area contributed by atoms with E-state index in [4.69, 9.17) is 10.8 Å². The molecule has 0 unspecified atom stereocenters. The zero-order valence-corrected chi connectivity index (χ0v) is 8.99. The molecule has 0 bridgehead atoms. The smallest absolute Gasteiger partial charge is 0.407 e. The zero-order chi connectivity index (χ0) is 10.8. The van der Waals surface area contributed by atoms with Gasteiger partial charge >= 0.3 is 6.09 Å². The van der Waals surface area contributed by atoms with E-state index < -0.39 is 6.09 Å². The first-order valence-electron chi connectivity index (χ1n) is 5.15. The molecule has 0 aromatic carbocycles. The van der Waals surface area contributed by atoms with Crippen LogP contribution in [0.1, 0.15) is 26.7 Å². The van der Waals surface area contributed by atoms with Crippen LogP contribution in [0.25, 0.3) is 0 Å². The summed E-state index contributed by atoms with van der Waals surface area (Å²) in [6.07, 6.45) is 1.25. The molecule has 1 amide bonds. The second kappa shape index (κ2) is 4.17. The quantitative estimate of drug-likeness (QED) is 0.707. The lowest BCUT2D eigenvalue weighted by Crippen LogP contribution is -2.46. The van der Waals surface area contributed by atoms with Gasteiger partial charge in [0.1, 0.15) is 0 Å². The summed E-state index contributed by atoms with van der Waals surface area (Å²) >= 11 is 0. The molecule has 14 heavy (non-hydrogen) atoms. The third-order valence-electron chi connectivity index (χ3n) is 3.32. The summed E-state index contributed by atoms with van der Waals surface area (Å²) < 4.78 is 0. The molecular formula is C10H20N2O2. The second-order valence-electron chi connectivity index (χ2n) is 4.76. The molecule has 1 heterocycles. The molecule has 0 aromatic rings. The molecule has 4 nitrogen and oxygen atoms in total. The van der Waals surface area contributed by atoms with Gasteiger partial charge in [-0.3, -0.25) is 0 Å². The number of nitrogens with zero attached hydrogens (tertiary/aromatic N) is 1. The fourth-order valence-corrected chi connectivity index (χ4v) is 1.96. The summed E-state index contributed by atoms with van der Waals surface area (Å²) in [7, 11) is 0. The topological polar surface area (TPSA) is 66.6 Å². The van der Waals surface area contributed by atoms with Crippen LogP contribution in [0.2, 0.25) is 0 Å². The lowest BCUT2D eigenvalue weighted by molar-refractivity contribution is 0.0822. The summed E-state index contributed by atoms with van der Waals surface area (Å²) in [5, 5.41) is 8.89. The van der Waals surface area contributed by atoms with Gasteiger partial charge in [0.15, 0.2) is 0 Å². The van der Waals surface area contributed by atoms with Crippen molar-refractivity contribution in [2.45, 2.75) is 26.7 Å². The van der Waals surface area contributed by atoms with Gasteiger partial charge in [0.25, 0.3) is 0 Å². The van der Waals surface area contributed by atoms with Crippen molar-refractivity contribution in [3.05, 3.63) is 0 Å².